The molecule has 1 saturated heterocycles. The number of benzene rings is 2. The maximum Gasteiger partial charge on any atom is 0.219 e. The number of nitrogens with zero attached hydrogens (tertiary/aromatic N) is 1. The molecule has 0 saturated carbocycles. The van der Waals surface area contributed by atoms with Crippen molar-refractivity contribution in [1.29, 1.82) is 0 Å². The minimum absolute atomic E-state index is 0.104. The van der Waals surface area contributed by atoms with Crippen molar-refractivity contribution in [2.45, 2.75) is 57.4 Å². The van der Waals surface area contributed by atoms with Gasteiger partial charge in [-0.05, 0) is 49.9 Å². The predicted molar refractivity (Wildman–Crippen MR) is 126 cm³/mol. The summed E-state index contributed by atoms with van der Waals surface area (Å²) in [7, 11) is 1.67. The highest BCUT2D eigenvalue weighted by molar-refractivity contribution is 5.81. The highest BCUT2D eigenvalue weighted by atomic mass is 16.1. The Morgan fingerprint density at radius 1 is 0.839 bits per heavy atom. The zero-order chi connectivity index (χ0) is 21.9. The number of hydrogen-bond donors (Lipinski definition) is 1. The highest BCUT2D eigenvalue weighted by Gasteiger charge is 2.29. The minimum atomic E-state index is 0.104. The Labute approximate surface area is 187 Å². The van der Waals surface area contributed by atoms with Crippen molar-refractivity contribution in [2.24, 2.45) is 5.92 Å². The minimum Gasteiger partial charge on any atom is -0.359 e. The van der Waals surface area contributed by atoms with E-state index in [1.54, 1.807) is 7.05 Å². The monoisotopic (exact) mass is 420 g/mol. The van der Waals surface area contributed by atoms with Gasteiger partial charge in [-0.2, -0.15) is 0 Å². The molecule has 1 N–H and O–H groups in total. The Morgan fingerprint density at radius 3 is 1.87 bits per heavy atom. The van der Waals surface area contributed by atoms with Crippen LogP contribution in [0.15, 0.2) is 60.7 Å². The van der Waals surface area contributed by atoms with E-state index in [1.165, 1.54) is 11.1 Å². The summed E-state index contributed by atoms with van der Waals surface area (Å²) in [6.45, 7) is 1.91. The molecule has 3 rings (SSSR count). The van der Waals surface area contributed by atoms with Crippen LogP contribution in [0, 0.1) is 5.92 Å². The molecule has 0 spiro atoms. The maximum atomic E-state index is 12.7. The average Bonchev–Trinajstić information content (AvgIpc) is 2.83. The lowest BCUT2D eigenvalue weighted by Gasteiger charge is -2.37. The van der Waals surface area contributed by atoms with Crippen LogP contribution in [-0.2, 0) is 9.59 Å². The summed E-state index contributed by atoms with van der Waals surface area (Å²) < 4.78 is 0. The Bertz CT molecular complexity index is 759. The van der Waals surface area contributed by atoms with Gasteiger partial charge in [0.25, 0.3) is 0 Å². The molecule has 0 aliphatic carbocycles. The molecule has 0 unspecified atom stereocenters. The number of carbonyl (C=O) groups excluding carboxylic acids is 2. The standard InChI is InChI=1S/C27H36N2O2/c1-28-26(31)17-11-3-2-10-16-25(30)22-18-20-29(21-19-22)27(23-12-6-4-7-13-23)24-14-8-5-9-15-24/h4-9,12-15,22,27H,2-3,10-11,16-21H2,1H3,(H,28,31). The molecule has 0 bridgehead atoms. The first kappa shape index (κ1) is 23.2. The van der Waals surface area contributed by atoms with Gasteiger partial charge in [0, 0.05) is 25.8 Å². The smallest absolute Gasteiger partial charge is 0.219 e. The fourth-order valence-electron chi connectivity index (χ4n) is 4.63. The van der Waals surface area contributed by atoms with Gasteiger partial charge in [-0.3, -0.25) is 14.5 Å². The number of nitrogens with one attached hydrogen (secondary N) is 1. The van der Waals surface area contributed by atoms with Crippen molar-refractivity contribution in [3.63, 3.8) is 0 Å². The van der Waals surface area contributed by atoms with E-state index in [-0.39, 0.29) is 17.9 Å². The quantitative estimate of drug-likeness (QED) is 0.512. The van der Waals surface area contributed by atoms with Crippen molar-refractivity contribution < 1.29 is 9.59 Å². The normalized spacial score (nSPS) is 15.2. The summed E-state index contributed by atoms with van der Waals surface area (Å²) in [5.74, 6) is 0.739. The first-order valence-electron chi connectivity index (χ1n) is 11.8. The summed E-state index contributed by atoms with van der Waals surface area (Å²) in [5, 5.41) is 2.65. The largest absolute Gasteiger partial charge is 0.359 e. The maximum absolute atomic E-state index is 12.7. The first-order valence-corrected chi connectivity index (χ1v) is 11.8. The fourth-order valence-corrected chi connectivity index (χ4v) is 4.63. The molecular formula is C27H36N2O2. The van der Waals surface area contributed by atoms with E-state index in [9.17, 15) is 9.59 Å². The van der Waals surface area contributed by atoms with Crippen molar-refractivity contribution in [3.05, 3.63) is 71.8 Å². The van der Waals surface area contributed by atoms with Gasteiger partial charge in [0.2, 0.25) is 5.91 Å². The fraction of sp³-hybridized carbons (Fsp3) is 0.481. The second-order valence-electron chi connectivity index (χ2n) is 8.59. The Hall–Kier alpha value is -2.46. The molecule has 2 aromatic carbocycles. The number of piperidine rings is 1. The van der Waals surface area contributed by atoms with E-state index in [0.29, 0.717) is 18.6 Å². The summed E-state index contributed by atoms with van der Waals surface area (Å²) in [6.07, 6.45) is 7.09. The van der Waals surface area contributed by atoms with Crippen LogP contribution in [0.2, 0.25) is 0 Å². The van der Waals surface area contributed by atoms with E-state index >= 15 is 0 Å². The second kappa shape index (κ2) is 12.4. The number of amides is 1. The number of carbonyl (C=O) groups is 2. The average molecular weight is 421 g/mol. The molecule has 0 atom stereocenters. The summed E-state index contributed by atoms with van der Waals surface area (Å²) in [6, 6.07) is 21.6. The van der Waals surface area contributed by atoms with Gasteiger partial charge in [0.15, 0.2) is 0 Å². The summed E-state index contributed by atoms with van der Waals surface area (Å²) in [5.41, 5.74) is 2.63. The molecule has 2 aromatic rings. The van der Waals surface area contributed by atoms with Crippen LogP contribution >= 0.6 is 0 Å². The van der Waals surface area contributed by atoms with Crippen LogP contribution in [0.1, 0.15) is 68.5 Å². The second-order valence-corrected chi connectivity index (χ2v) is 8.59. The van der Waals surface area contributed by atoms with Crippen LogP contribution in [-0.4, -0.2) is 36.7 Å². The highest BCUT2D eigenvalue weighted by Crippen LogP contribution is 2.32. The number of hydrogen-bond acceptors (Lipinski definition) is 3. The van der Waals surface area contributed by atoms with Crippen LogP contribution in [0.25, 0.3) is 0 Å². The van der Waals surface area contributed by atoms with Crippen LogP contribution in [0.3, 0.4) is 0 Å². The predicted octanol–water partition coefficient (Wildman–Crippen LogP) is 5.14. The van der Waals surface area contributed by atoms with Crippen molar-refractivity contribution in [1.82, 2.24) is 10.2 Å². The van der Waals surface area contributed by atoms with E-state index in [2.05, 4.69) is 70.9 Å². The van der Waals surface area contributed by atoms with E-state index < -0.39 is 0 Å². The molecule has 1 aliphatic heterocycles. The number of likely N-dealkylation sites (tertiary alicyclic amines) is 1. The molecule has 31 heavy (non-hydrogen) atoms. The van der Waals surface area contributed by atoms with Crippen LogP contribution < -0.4 is 5.32 Å². The third-order valence-corrected chi connectivity index (χ3v) is 6.44. The number of rotatable bonds is 11. The van der Waals surface area contributed by atoms with Gasteiger partial charge >= 0.3 is 0 Å². The molecule has 1 amide bonds. The van der Waals surface area contributed by atoms with E-state index in [0.717, 1.165) is 51.6 Å². The van der Waals surface area contributed by atoms with Gasteiger partial charge in [-0.25, -0.2) is 0 Å². The number of unbranched alkanes of at least 4 members (excludes halogenated alkanes) is 3. The molecule has 1 fully saturated rings. The zero-order valence-corrected chi connectivity index (χ0v) is 18.8. The first-order chi connectivity index (χ1) is 15.2. The third kappa shape index (κ3) is 7.03. The molecule has 4 nitrogen and oxygen atoms in total. The molecular weight excluding hydrogens is 384 g/mol. The Morgan fingerprint density at radius 2 is 1.35 bits per heavy atom. The van der Waals surface area contributed by atoms with Crippen molar-refractivity contribution >= 4 is 11.7 Å². The number of ketones is 1. The molecule has 166 valence electrons. The Kier molecular flexibility index (Phi) is 9.29. The van der Waals surface area contributed by atoms with Crippen LogP contribution in [0.5, 0.6) is 0 Å². The van der Waals surface area contributed by atoms with Gasteiger partial charge in [0.1, 0.15) is 5.78 Å². The molecule has 0 radical (unpaired) electrons. The van der Waals surface area contributed by atoms with Crippen molar-refractivity contribution in [3.8, 4) is 0 Å². The lowest BCUT2D eigenvalue weighted by molar-refractivity contribution is -0.124. The van der Waals surface area contributed by atoms with E-state index in [4.69, 9.17) is 0 Å². The Balaban J connectivity index is 1.47. The molecule has 4 heteroatoms. The van der Waals surface area contributed by atoms with Gasteiger partial charge in [-0.1, -0.05) is 73.5 Å². The molecule has 0 aromatic heterocycles. The van der Waals surface area contributed by atoms with Gasteiger partial charge in [-0.15, -0.1) is 0 Å². The van der Waals surface area contributed by atoms with Crippen molar-refractivity contribution in [2.75, 3.05) is 20.1 Å². The van der Waals surface area contributed by atoms with Crippen LogP contribution in [0.4, 0.5) is 0 Å². The lowest BCUT2D eigenvalue weighted by atomic mass is 9.87. The molecule has 1 aliphatic rings. The lowest BCUT2D eigenvalue weighted by Crippen LogP contribution is -2.39. The van der Waals surface area contributed by atoms with E-state index in [1.807, 2.05) is 0 Å². The summed E-state index contributed by atoms with van der Waals surface area (Å²) in [4.78, 5) is 26.5. The van der Waals surface area contributed by atoms with Gasteiger partial charge < -0.3 is 5.32 Å². The topological polar surface area (TPSA) is 49.4 Å². The van der Waals surface area contributed by atoms with Gasteiger partial charge in [0.05, 0.1) is 6.04 Å². The third-order valence-electron chi connectivity index (χ3n) is 6.44. The zero-order valence-electron chi connectivity index (χ0n) is 18.8. The number of Topliss-reactive ketones (excluding diaryl/α,β-unsaturated/α-hetero) is 1. The SMILES string of the molecule is CNC(=O)CCCCCCC(=O)C1CCN(C(c2ccccc2)c2ccccc2)CC1. The molecule has 1 heterocycles. The summed E-state index contributed by atoms with van der Waals surface area (Å²) >= 11 is 0.